The molecule has 100 valence electrons. The first kappa shape index (κ1) is 14.5. The van der Waals surface area contributed by atoms with E-state index in [1.165, 1.54) is 0 Å². The topological polar surface area (TPSA) is 129 Å². The number of nitrogens with two attached hydrogens (primary N) is 2. The Morgan fingerprint density at radius 2 is 2.00 bits per heavy atom. The summed E-state index contributed by atoms with van der Waals surface area (Å²) in [6, 6.07) is 0. The average molecular weight is 272 g/mol. The normalized spacial score (nSPS) is 12.1. The van der Waals surface area contributed by atoms with Crippen LogP contribution in [-0.2, 0) is 9.53 Å². The van der Waals surface area contributed by atoms with Gasteiger partial charge in [0.25, 0.3) is 0 Å². The minimum absolute atomic E-state index is 0.0389. The van der Waals surface area contributed by atoms with E-state index in [-0.39, 0.29) is 23.1 Å². The maximum atomic E-state index is 11.7. The van der Waals surface area contributed by atoms with Gasteiger partial charge in [-0.2, -0.15) is 15.0 Å². The molecule has 1 atom stereocenters. The van der Waals surface area contributed by atoms with Gasteiger partial charge in [0.2, 0.25) is 17.8 Å². The smallest absolute Gasteiger partial charge is 0.233 e. The number of hydrogen-bond donors (Lipinski definition) is 3. The molecule has 0 saturated heterocycles. The molecule has 1 aromatic rings. The Morgan fingerprint density at radius 1 is 1.39 bits per heavy atom. The summed E-state index contributed by atoms with van der Waals surface area (Å²) in [4.78, 5) is 23.1. The van der Waals surface area contributed by atoms with E-state index in [1.54, 1.807) is 14.0 Å². The van der Waals surface area contributed by atoms with Crippen LogP contribution >= 0.6 is 11.8 Å². The van der Waals surface area contributed by atoms with E-state index in [4.69, 9.17) is 16.2 Å². The summed E-state index contributed by atoms with van der Waals surface area (Å²) in [5, 5.41) is 2.68. The number of aromatic nitrogens is 3. The van der Waals surface area contributed by atoms with E-state index in [2.05, 4.69) is 20.3 Å². The van der Waals surface area contributed by atoms with Crippen molar-refractivity contribution in [1.29, 1.82) is 0 Å². The highest BCUT2D eigenvalue weighted by molar-refractivity contribution is 8.00. The van der Waals surface area contributed by atoms with Crippen LogP contribution in [0.5, 0.6) is 0 Å². The van der Waals surface area contributed by atoms with Crippen LogP contribution in [0.3, 0.4) is 0 Å². The van der Waals surface area contributed by atoms with Crippen molar-refractivity contribution in [3.8, 4) is 0 Å². The van der Waals surface area contributed by atoms with Crippen molar-refractivity contribution in [2.45, 2.75) is 17.3 Å². The lowest BCUT2D eigenvalue weighted by Crippen LogP contribution is -2.33. The second-order valence-electron chi connectivity index (χ2n) is 3.38. The number of nitrogens with zero attached hydrogens (tertiary/aromatic N) is 3. The standard InChI is InChI=1S/C9H16N6O2S/c1-5(6(16)12-3-4-17-2)18-9-14-7(10)13-8(11)15-9/h5H,3-4H2,1-2H3,(H,12,16)(H4,10,11,13,14,15)/t5-/m1/s1. The lowest BCUT2D eigenvalue weighted by Gasteiger charge is -2.10. The molecule has 1 heterocycles. The molecule has 5 N–H and O–H groups in total. The summed E-state index contributed by atoms with van der Waals surface area (Å²) in [7, 11) is 1.57. The van der Waals surface area contributed by atoms with E-state index in [9.17, 15) is 4.79 Å². The van der Waals surface area contributed by atoms with Crippen LogP contribution in [-0.4, -0.2) is 46.4 Å². The van der Waals surface area contributed by atoms with Crippen LogP contribution in [0, 0.1) is 0 Å². The number of amides is 1. The van der Waals surface area contributed by atoms with Crippen LogP contribution < -0.4 is 16.8 Å². The Kier molecular flexibility index (Phi) is 5.59. The monoisotopic (exact) mass is 272 g/mol. The molecule has 0 aromatic carbocycles. The third kappa shape index (κ3) is 4.72. The number of nitrogen functional groups attached to an aromatic ring is 2. The highest BCUT2D eigenvalue weighted by atomic mass is 32.2. The van der Waals surface area contributed by atoms with E-state index in [1.807, 2.05) is 0 Å². The highest BCUT2D eigenvalue weighted by Gasteiger charge is 2.16. The molecule has 0 radical (unpaired) electrons. The molecular formula is C9H16N6O2S. The summed E-state index contributed by atoms with van der Waals surface area (Å²) in [6.45, 7) is 2.67. The molecule has 8 nitrogen and oxygen atoms in total. The van der Waals surface area contributed by atoms with Gasteiger partial charge in [0, 0.05) is 13.7 Å². The molecule has 0 aliphatic carbocycles. The predicted octanol–water partition coefficient (Wildman–Crippen LogP) is -0.721. The molecule has 0 aliphatic heterocycles. The Morgan fingerprint density at radius 3 is 2.56 bits per heavy atom. The third-order valence-electron chi connectivity index (χ3n) is 1.91. The zero-order valence-corrected chi connectivity index (χ0v) is 11.0. The van der Waals surface area contributed by atoms with Gasteiger partial charge in [-0.15, -0.1) is 0 Å². The van der Waals surface area contributed by atoms with Crippen molar-refractivity contribution < 1.29 is 9.53 Å². The molecular weight excluding hydrogens is 256 g/mol. The number of hydrogen-bond acceptors (Lipinski definition) is 8. The molecule has 0 aliphatic rings. The number of ether oxygens (including phenoxy) is 1. The fraction of sp³-hybridized carbons (Fsp3) is 0.556. The molecule has 9 heteroatoms. The van der Waals surface area contributed by atoms with Gasteiger partial charge in [0.1, 0.15) is 0 Å². The van der Waals surface area contributed by atoms with Crippen LogP contribution in [0.2, 0.25) is 0 Å². The van der Waals surface area contributed by atoms with Gasteiger partial charge in [0.15, 0.2) is 5.16 Å². The minimum Gasteiger partial charge on any atom is -0.383 e. The number of methoxy groups -OCH3 is 1. The fourth-order valence-electron chi connectivity index (χ4n) is 1.07. The Hall–Kier alpha value is -1.61. The first-order valence-corrected chi connectivity index (χ1v) is 6.11. The summed E-state index contributed by atoms with van der Waals surface area (Å²) in [5.74, 6) is -0.0522. The van der Waals surface area contributed by atoms with Crippen LogP contribution in [0.15, 0.2) is 5.16 Å². The van der Waals surface area contributed by atoms with Gasteiger partial charge in [0.05, 0.1) is 11.9 Å². The van der Waals surface area contributed by atoms with Crippen molar-refractivity contribution in [2.75, 3.05) is 31.7 Å². The summed E-state index contributed by atoms with van der Waals surface area (Å²) < 4.78 is 4.83. The van der Waals surface area contributed by atoms with Gasteiger partial charge in [-0.25, -0.2) is 0 Å². The van der Waals surface area contributed by atoms with E-state index < -0.39 is 0 Å². The van der Waals surface area contributed by atoms with Gasteiger partial charge in [-0.3, -0.25) is 4.79 Å². The van der Waals surface area contributed by atoms with Gasteiger partial charge in [-0.05, 0) is 6.92 Å². The number of nitrogens with one attached hydrogen (secondary N) is 1. The second-order valence-corrected chi connectivity index (χ2v) is 4.69. The van der Waals surface area contributed by atoms with Crippen molar-refractivity contribution in [3.63, 3.8) is 0 Å². The molecule has 1 aromatic heterocycles. The predicted molar refractivity (Wildman–Crippen MR) is 68.9 cm³/mol. The molecule has 0 fully saturated rings. The van der Waals surface area contributed by atoms with Gasteiger partial charge < -0.3 is 21.5 Å². The maximum absolute atomic E-state index is 11.7. The van der Waals surface area contributed by atoms with Crippen LogP contribution in [0.25, 0.3) is 0 Å². The van der Waals surface area contributed by atoms with E-state index in [0.717, 1.165) is 11.8 Å². The molecule has 0 spiro atoms. The minimum atomic E-state index is -0.358. The SMILES string of the molecule is COCCNC(=O)[C@@H](C)Sc1nc(N)nc(N)n1. The Labute approximate surface area is 109 Å². The van der Waals surface area contributed by atoms with Crippen molar-refractivity contribution in [1.82, 2.24) is 20.3 Å². The molecule has 18 heavy (non-hydrogen) atoms. The highest BCUT2D eigenvalue weighted by Crippen LogP contribution is 2.20. The molecule has 1 rings (SSSR count). The van der Waals surface area contributed by atoms with Crippen molar-refractivity contribution in [3.05, 3.63) is 0 Å². The number of rotatable bonds is 6. The summed E-state index contributed by atoms with van der Waals surface area (Å²) >= 11 is 1.16. The third-order valence-corrected chi connectivity index (χ3v) is 2.87. The fourth-order valence-corrected chi connectivity index (χ4v) is 1.87. The van der Waals surface area contributed by atoms with E-state index in [0.29, 0.717) is 18.3 Å². The number of thioether (sulfide) groups is 1. The molecule has 0 saturated carbocycles. The quantitative estimate of drug-likeness (QED) is 0.457. The zero-order valence-electron chi connectivity index (χ0n) is 10.2. The second kappa shape index (κ2) is 6.97. The Balaban J connectivity index is 2.52. The zero-order chi connectivity index (χ0) is 13.5. The number of anilines is 2. The summed E-state index contributed by atoms with van der Waals surface area (Å²) in [5.41, 5.74) is 10.9. The Bertz CT molecular complexity index is 396. The lowest BCUT2D eigenvalue weighted by atomic mass is 10.4. The van der Waals surface area contributed by atoms with E-state index >= 15 is 0 Å². The lowest BCUT2D eigenvalue weighted by molar-refractivity contribution is -0.120. The summed E-state index contributed by atoms with van der Waals surface area (Å²) in [6.07, 6.45) is 0. The first-order chi connectivity index (χ1) is 8.52. The van der Waals surface area contributed by atoms with Crippen molar-refractivity contribution in [2.24, 2.45) is 0 Å². The number of carbonyl (C=O) groups is 1. The van der Waals surface area contributed by atoms with Crippen molar-refractivity contribution >= 4 is 29.6 Å². The molecule has 1 amide bonds. The maximum Gasteiger partial charge on any atom is 0.233 e. The van der Waals surface area contributed by atoms with Gasteiger partial charge in [-0.1, -0.05) is 11.8 Å². The molecule has 0 unspecified atom stereocenters. The average Bonchev–Trinajstić information content (AvgIpc) is 2.27. The largest absolute Gasteiger partial charge is 0.383 e. The van der Waals surface area contributed by atoms with Gasteiger partial charge >= 0.3 is 0 Å². The first-order valence-electron chi connectivity index (χ1n) is 5.23. The van der Waals surface area contributed by atoms with Crippen LogP contribution in [0.1, 0.15) is 6.92 Å². The number of carbonyl (C=O) groups excluding carboxylic acids is 1. The van der Waals surface area contributed by atoms with Crippen LogP contribution in [0.4, 0.5) is 11.9 Å². The molecule has 0 bridgehead atoms.